The number of aromatic nitrogens is 3. The molecule has 1 aliphatic heterocycles. The van der Waals surface area contributed by atoms with Crippen LogP contribution in [0.5, 0.6) is 0 Å². The van der Waals surface area contributed by atoms with Crippen molar-refractivity contribution in [1.29, 1.82) is 0 Å². The number of carbonyl (C=O) groups excluding carboxylic acids is 1. The maximum absolute atomic E-state index is 13.0. The van der Waals surface area contributed by atoms with Gasteiger partial charge in [-0.3, -0.25) is 9.89 Å². The van der Waals surface area contributed by atoms with Gasteiger partial charge >= 0.3 is 0 Å². The van der Waals surface area contributed by atoms with Crippen LogP contribution in [0.3, 0.4) is 0 Å². The topological polar surface area (TPSA) is 70.7 Å². The SMILES string of the molecule is O=C(c1cc2nn[nH]c2cc1CCC1CCCCC1)C1CCCN1. The van der Waals surface area contributed by atoms with Gasteiger partial charge in [0.2, 0.25) is 0 Å². The number of benzene rings is 1. The van der Waals surface area contributed by atoms with Crippen molar-refractivity contribution in [2.75, 3.05) is 6.54 Å². The lowest BCUT2D eigenvalue weighted by Gasteiger charge is -2.22. The quantitative estimate of drug-likeness (QED) is 0.826. The smallest absolute Gasteiger partial charge is 0.180 e. The first-order chi connectivity index (χ1) is 11.8. The lowest BCUT2D eigenvalue weighted by molar-refractivity contribution is 0.0951. The molecule has 2 aromatic rings. The molecule has 2 N–H and O–H groups in total. The molecule has 1 aromatic heterocycles. The van der Waals surface area contributed by atoms with Crippen molar-refractivity contribution in [3.8, 4) is 0 Å². The Kier molecular flexibility index (Phi) is 4.60. The van der Waals surface area contributed by atoms with Gasteiger partial charge in [-0.15, -0.1) is 5.10 Å². The van der Waals surface area contributed by atoms with Crippen LogP contribution in [0.15, 0.2) is 12.1 Å². The van der Waals surface area contributed by atoms with E-state index in [0.717, 1.165) is 53.9 Å². The molecular formula is C19H26N4O. The van der Waals surface area contributed by atoms with Gasteiger partial charge in [-0.2, -0.15) is 0 Å². The molecule has 1 saturated heterocycles. The number of carbonyl (C=O) groups is 1. The van der Waals surface area contributed by atoms with Crippen molar-refractivity contribution in [3.63, 3.8) is 0 Å². The molecule has 0 radical (unpaired) electrons. The van der Waals surface area contributed by atoms with Crippen LogP contribution >= 0.6 is 0 Å². The molecule has 1 aliphatic carbocycles. The first-order valence-electron chi connectivity index (χ1n) is 9.42. The molecular weight excluding hydrogens is 300 g/mol. The number of rotatable bonds is 5. The second-order valence-corrected chi connectivity index (χ2v) is 7.39. The van der Waals surface area contributed by atoms with E-state index in [1.165, 1.54) is 38.5 Å². The summed E-state index contributed by atoms with van der Waals surface area (Å²) in [6.45, 7) is 0.944. The fraction of sp³-hybridized carbons (Fsp3) is 0.632. The fourth-order valence-corrected chi connectivity index (χ4v) is 4.31. The van der Waals surface area contributed by atoms with Gasteiger partial charge in [0.1, 0.15) is 5.52 Å². The summed E-state index contributed by atoms with van der Waals surface area (Å²) in [5.74, 6) is 1.05. The fourth-order valence-electron chi connectivity index (χ4n) is 4.31. The van der Waals surface area contributed by atoms with E-state index in [-0.39, 0.29) is 11.8 Å². The van der Waals surface area contributed by atoms with Gasteiger partial charge in [-0.05, 0) is 55.8 Å². The second-order valence-electron chi connectivity index (χ2n) is 7.39. The van der Waals surface area contributed by atoms with Gasteiger partial charge in [-0.25, -0.2) is 0 Å². The van der Waals surface area contributed by atoms with Crippen LogP contribution in [-0.4, -0.2) is 33.8 Å². The minimum Gasteiger partial charge on any atom is -0.307 e. The number of nitrogens with one attached hydrogen (secondary N) is 2. The highest BCUT2D eigenvalue weighted by Gasteiger charge is 2.26. The van der Waals surface area contributed by atoms with E-state index >= 15 is 0 Å². The Balaban J connectivity index is 1.58. The molecule has 2 heterocycles. The van der Waals surface area contributed by atoms with E-state index in [1.807, 2.05) is 6.07 Å². The molecule has 1 atom stereocenters. The largest absolute Gasteiger partial charge is 0.307 e. The number of H-pyrrole nitrogens is 1. The number of nitrogens with zero attached hydrogens (tertiary/aromatic N) is 2. The summed E-state index contributed by atoms with van der Waals surface area (Å²) in [6, 6.07) is 4.01. The van der Waals surface area contributed by atoms with E-state index in [1.54, 1.807) is 0 Å². The average molecular weight is 326 g/mol. The third kappa shape index (κ3) is 3.22. The lowest BCUT2D eigenvalue weighted by Crippen LogP contribution is -2.31. The maximum Gasteiger partial charge on any atom is 0.180 e. The van der Waals surface area contributed by atoms with Crippen molar-refractivity contribution in [2.24, 2.45) is 5.92 Å². The molecule has 5 heteroatoms. The molecule has 1 aromatic carbocycles. The summed E-state index contributed by atoms with van der Waals surface area (Å²) in [4.78, 5) is 13.0. The van der Waals surface area contributed by atoms with Crippen LogP contribution in [0.25, 0.3) is 11.0 Å². The summed E-state index contributed by atoms with van der Waals surface area (Å²) in [5.41, 5.74) is 3.74. The molecule has 0 spiro atoms. The Morgan fingerprint density at radius 1 is 1.12 bits per heavy atom. The van der Waals surface area contributed by atoms with Gasteiger partial charge in [0, 0.05) is 5.56 Å². The molecule has 5 nitrogen and oxygen atoms in total. The summed E-state index contributed by atoms with van der Waals surface area (Å²) in [5, 5.41) is 14.3. The predicted octanol–water partition coefficient (Wildman–Crippen LogP) is 3.41. The number of Topliss-reactive ketones (excluding diaryl/α,β-unsaturated/α-hetero) is 1. The van der Waals surface area contributed by atoms with E-state index in [2.05, 4.69) is 26.8 Å². The van der Waals surface area contributed by atoms with Crippen LogP contribution in [0.4, 0.5) is 0 Å². The number of ketones is 1. The summed E-state index contributed by atoms with van der Waals surface area (Å²) in [7, 11) is 0. The van der Waals surface area contributed by atoms with Crippen molar-refractivity contribution < 1.29 is 4.79 Å². The zero-order chi connectivity index (χ0) is 16.4. The summed E-state index contributed by atoms with van der Waals surface area (Å²) in [6.07, 6.45) is 11.0. The Morgan fingerprint density at radius 3 is 2.79 bits per heavy atom. The van der Waals surface area contributed by atoms with Gasteiger partial charge in [0.25, 0.3) is 0 Å². The van der Waals surface area contributed by atoms with Crippen LogP contribution in [0, 0.1) is 5.92 Å². The van der Waals surface area contributed by atoms with E-state index in [9.17, 15) is 4.79 Å². The highest BCUT2D eigenvalue weighted by molar-refractivity contribution is 6.03. The molecule has 2 aliphatic rings. The Morgan fingerprint density at radius 2 is 2.00 bits per heavy atom. The monoisotopic (exact) mass is 326 g/mol. The molecule has 1 saturated carbocycles. The summed E-state index contributed by atoms with van der Waals surface area (Å²) >= 11 is 0. The van der Waals surface area contributed by atoms with E-state index in [0.29, 0.717) is 0 Å². The molecule has 128 valence electrons. The molecule has 0 bridgehead atoms. The predicted molar refractivity (Wildman–Crippen MR) is 94.1 cm³/mol. The highest BCUT2D eigenvalue weighted by Crippen LogP contribution is 2.29. The highest BCUT2D eigenvalue weighted by atomic mass is 16.1. The van der Waals surface area contributed by atoms with Gasteiger partial charge in [0.05, 0.1) is 11.6 Å². The molecule has 4 rings (SSSR count). The van der Waals surface area contributed by atoms with Crippen molar-refractivity contribution in [1.82, 2.24) is 20.7 Å². The average Bonchev–Trinajstić information content (AvgIpc) is 3.30. The van der Waals surface area contributed by atoms with Crippen molar-refractivity contribution in [2.45, 2.75) is 63.8 Å². The Bertz CT molecular complexity index is 711. The van der Waals surface area contributed by atoms with Crippen molar-refractivity contribution in [3.05, 3.63) is 23.3 Å². The lowest BCUT2D eigenvalue weighted by atomic mass is 9.84. The standard InChI is InChI=1S/C19H26N4O/c24-19(16-7-4-10-20-16)15-12-18-17(21-23-22-18)11-14(15)9-8-13-5-2-1-3-6-13/h11-13,16,20H,1-10H2,(H,21,22,23). The van der Waals surface area contributed by atoms with Gasteiger partial charge in [-0.1, -0.05) is 37.3 Å². The number of hydrogen-bond donors (Lipinski definition) is 2. The normalized spacial score (nSPS) is 22.2. The minimum atomic E-state index is -0.0252. The van der Waals surface area contributed by atoms with Crippen molar-refractivity contribution >= 4 is 16.8 Å². The minimum absolute atomic E-state index is 0.0252. The first-order valence-corrected chi connectivity index (χ1v) is 9.42. The van der Waals surface area contributed by atoms with Gasteiger partial charge in [0.15, 0.2) is 5.78 Å². The zero-order valence-electron chi connectivity index (χ0n) is 14.2. The van der Waals surface area contributed by atoms with E-state index < -0.39 is 0 Å². The van der Waals surface area contributed by atoms with Crippen LogP contribution in [0.1, 0.15) is 67.3 Å². The Labute approximate surface area is 142 Å². The number of aromatic amines is 1. The van der Waals surface area contributed by atoms with Crippen LogP contribution in [-0.2, 0) is 6.42 Å². The Hall–Kier alpha value is -1.75. The van der Waals surface area contributed by atoms with Crippen LogP contribution in [0.2, 0.25) is 0 Å². The maximum atomic E-state index is 13.0. The zero-order valence-corrected chi connectivity index (χ0v) is 14.2. The van der Waals surface area contributed by atoms with Crippen LogP contribution < -0.4 is 5.32 Å². The van der Waals surface area contributed by atoms with E-state index in [4.69, 9.17) is 0 Å². The second kappa shape index (κ2) is 7.01. The number of fused-ring (bicyclic) bond motifs is 1. The first kappa shape index (κ1) is 15.8. The molecule has 0 amide bonds. The van der Waals surface area contributed by atoms with Gasteiger partial charge < -0.3 is 5.32 Å². The summed E-state index contributed by atoms with van der Waals surface area (Å²) < 4.78 is 0. The molecule has 1 unspecified atom stereocenters. The third-order valence-corrected chi connectivity index (χ3v) is 5.74. The molecule has 24 heavy (non-hydrogen) atoms. The number of hydrogen-bond acceptors (Lipinski definition) is 4. The number of aryl methyl sites for hydroxylation is 1. The molecule has 2 fully saturated rings. The third-order valence-electron chi connectivity index (χ3n) is 5.74.